The number of nitrogens with zero attached hydrogens (tertiary/aromatic N) is 3. The third kappa shape index (κ3) is 2.66. The summed E-state index contributed by atoms with van der Waals surface area (Å²) in [7, 11) is 3.97. The van der Waals surface area contributed by atoms with E-state index >= 15 is 0 Å². The van der Waals surface area contributed by atoms with Crippen molar-refractivity contribution in [2.24, 2.45) is 0 Å². The Morgan fingerprint density at radius 1 is 1.31 bits per heavy atom. The predicted octanol–water partition coefficient (Wildman–Crippen LogP) is 1.40. The van der Waals surface area contributed by atoms with E-state index in [-0.39, 0.29) is 0 Å². The molecule has 0 aromatic carbocycles. The van der Waals surface area contributed by atoms with Gasteiger partial charge >= 0.3 is 0 Å². The first-order chi connectivity index (χ1) is 6.25. The number of allylic oxidation sites excluding steroid dienone is 1. The second-order valence-corrected chi connectivity index (χ2v) is 3.57. The number of likely N-dealkylation sites (tertiary alicyclic amines) is 1. The maximum absolute atomic E-state index is 8.64. The van der Waals surface area contributed by atoms with Crippen LogP contribution in [0.3, 0.4) is 0 Å². The molecule has 0 aliphatic carbocycles. The van der Waals surface area contributed by atoms with Gasteiger partial charge in [0.05, 0.1) is 12.1 Å². The van der Waals surface area contributed by atoms with E-state index in [1.807, 2.05) is 19.0 Å². The highest BCUT2D eigenvalue weighted by Crippen LogP contribution is 2.15. The first-order valence-electron chi connectivity index (χ1n) is 4.78. The monoisotopic (exact) mass is 179 g/mol. The van der Waals surface area contributed by atoms with Crippen LogP contribution in [0.5, 0.6) is 0 Å². The molecule has 0 bridgehead atoms. The highest BCUT2D eigenvalue weighted by molar-refractivity contribution is 5.11. The summed E-state index contributed by atoms with van der Waals surface area (Å²) >= 11 is 0. The minimum absolute atomic E-state index is 1.04. The highest BCUT2D eigenvalue weighted by Gasteiger charge is 2.14. The summed E-state index contributed by atoms with van der Waals surface area (Å²) in [6.07, 6.45) is 5.45. The van der Waals surface area contributed by atoms with Crippen LogP contribution in [0.15, 0.2) is 11.9 Å². The van der Waals surface area contributed by atoms with Crippen molar-refractivity contribution in [3.63, 3.8) is 0 Å². The van der Waals surface area contributed by atoms with Crippen LogP contribution >= 0.6 is 0 Å². The van der Waals surface area contributed by atoms with E-state index in [1.165, 1.54) is 19.3 Å². The fraction of sp³-hybridized carbons (Fsp3) is 0.700. The van der Waals surface area contributed by atoms with Gasteiger partial charge in [0, 0.05) is 27.2 Å². The van der Waals surface area contributed by atoms with Crippen molar-refractivity contribution in [1.29, 1.82) is 5.26 Å². The number of piperidine rings is 1. The lowest BCUT2D eigenvalue weighted by atomic mass is 10.1. The zero-order valence-electron chi connectivity index (χ0n) is 8.45. The largest absolute Gasteiger partial charge is 0.364 e. The molecular weight excluding hydrogens is 162 g/mol. The van der Waals surface area contributed by atoms with E-state index in [0.29, 0.717) is 0 Å². The zero-order chi connectivity index (χ0) is 9.68. The third-order valence-corrected chi connectivity index (χ3v) is 2.33. The van der Waals surface area contributed by atoms with Crippen LogP contribution in [0.1, 0.15) is 19.3 Å². The Morgan fingerprint density at radius 3 is 2.38 bits per heavy atom. The van der Waals surface area contributed by atoms with Gasteiger partial charge < -0.3 is 9.80 Å². The van der Waals surface area contributed by atoms with Gasteiger partial charge in [0.25, 0.3) is 0 Å². The molecule has 0 radical (unpaired) electrons. The predicted molar refractivity (Wildman–Crippen MR) is 52.8 cm³/mol. The third-order valence-electron chi connectivity index (χ3n) is 2.33. The van der Waals surface area contributed by atoms with E-state index in [0.717, 1.165) is 18.9 Å². The summed E-state index contributed by atoms with van der Waals surface area (Å²) in [6, 6.07) is 2.10. The van der Waals surface area contributed by atoms with Gasteiger partial charge in [-0.05, 0) is 19.3 Å². The molecule has 0 aromatic heterocycles. The van der Waals surface area contributed by atoms with E-state index in [1.54, 1.807) is 6.08 Å². The van der Waals surface area contributed by atoms with Crippen molar-refractivity contribution >= 4 is 0 Å². The molecule has 1 aliphatic rings. The van der Waals surface area contributed by atoms with Crippen molar-refractivity contribution in [2.45, 2.75) is 19.3 Å². The lowest BCUT2D eigenvalue weighted by molar-refractivity contribution is 0.221. The smallest absolute Gasteiger partial charge is 0.114 e. The second-order valence-electron chi connectivity index (χ2n) is 3.57. The van der Waals surface area contributed by atoms with Gasteiger partial charge in [-0.2, -0.15) is 5.26 Å². The van der Waals surface area contributed by atoms with E-state index < -0.39 is 0 Å². The Balaban J connectivity index is 2.64. The SMILES string of the molecule is CN(C)/C(=C\C#N)N1CCCCC1. The molecule has 0 spiro atoms. The van der Waals surface area contributed by atoms with Gasteiger partial charge in [0.1, 0.15) is 5.82 Å². The average molecular weight is 179 g/mol. The maximum Gasteiger partial charge on any atom is 0.114 e. The molecule has 72 valence electrons. The fourth-order valence-electron chi connectivity index (χ4n) is 1.68. The molecule has 1 heterocycles. The van der Waals surface area contributed by atoms with Gasteiger partial charge in [-0.15, -0.1) is 0 Å². The summed E-state index contributed by atoms with van der Waals surface area (Å²) in [5.41, 5.74) is 0. The lowest BCUT2D eigenvalue weighted by Gasteiger charge is -2.33. The average Bonchev–Trinajstić information content (AvgIpc) is 2.15. The summed E-state index contributed by atoms with van der Waals surface area (Å²) in [5.74, 6) is 1.04. The van der Waals surface area contributed by atoms with Gasteiger partial charge in [-0.25, -0.2) is 0 Å². The molecule has 1 rings (SSSR count). The van der Waals surface area contributed by atoms with Crippen LogP contribution in [0.4, 0.5) is 0 Å². The Bertz CT molecular complexity index is 219. The topological polar surface area (TPSA) is 30.3 Å². The van der Waals surface area contributed by atoms with Crippen LogP contribution in [-0.4, -0.2) is 37.0 Å². The normalized spacial score (nSPS) is 18.2. The Morgan fingerprint density at radius 2 is 1.92 bits per heavy atom. The Labute approximate surface area is 80.2 Å². The molecule has 0 unspecified atom stereocenters. The van der Waals surface area contributed by atoms with E-state index in [4.69, 9.17) is 5.26 Å². The molecule has 1 fully saturated rings. The van der Waals surface area contributed by atoms with E-state index in [2.05, 4.69) is 11.0 Å². The van der Waals surface area contributed by atoms with Gasteiger partial charge in [0.2, 0.25) is 0 Å². The van der Waals surface area contributed by atoms with Crippen LogP contribution in [0, 0.1) is 11.3 Å². The molecule has 3 nitrogen and oxygen atoms in total. The molecule has 0 N–H and O–H groups in total. The first-order valence-corrected chi connectivity index (χ1v) is 4.78. The first kappa shape index (κ1) is 9.91. The van der Waals surface area contributed by atoms with Crippen molar-refractivity contribution in [1.82, 2.24) is 9.80 Å². The van der Waals surface area contributed by atoms with Gasteiger partial charge in [0.15, 0.2) is 0 Å². The fourth-order valence-corrected chi connectivity index (χ4v) is 1.68. The van der Waals surface area contributed by atoms with E-state index in [9.17, 15) is 0 Å². The molecule has 0 aromatic rings. The molecule has 0 atom stereocenters. The maximum atomic E-state index is 8.64. The molecule has 13 heavy (non-hydrogen) atoms. The number of hydrogen-bond donors (Lipinski definition) is 0. The van der Waals surface area contributed by atoms with Crippen LogP contribution < -0.4 is 0 Å². The minimum Gasteiger partial charge on any atom is -0.364 e. The molecule has 0 saturated carbocycles. The van der Waals surface area contributed by atoms with Crippen molar-refractivity contribution < 1.29 is 0 Å². The summed E-state index contributed by atoms with van der Waals surface area (Å²) < 4.78 is 0. The molecular formula is C10H17N3. The van der Waals surface area contributed by atoms with Crippen molar-refractivity contribution in [3.8, 4) is 6.07 Å². The van der Waals surface area contributed by atoms with Crippen LogP contribution in [0.2, 0.25) is 0 Å². The number of nitriles is 1. The summed E-state index contributed by atoms with van der Waals surface area (Å²) in [6.45, 7) is 2.18. The summed E-state index contributed by atoms with van der Waals surface area (Å²) in [5, 5.41) is 8.64. The minimum atomic E-state index is 1.04. The van der Waals surface area contributed by atoms with Gasteiger partial charge in [-0.1, -0.05) is 0 Å². The lowest BCUT2D eigenvalue weighted by Crippen LogP contribution is -2.35. The van der Waals surface area contributed by atoms with Gasteiger partial charge in [-0.3, -0.25) is 0 Å². The molecule has 3 heteroatoms. The molecule has 1 saturated heterocycles. The standard InChI is InChI=1S/C10H17N3/c1-12(2)10(6-7-11)13-8-4-3-5-9-13/h6H,3-5,8-9H2,1-2H3/b10-6+. The second kappa shape index (κ2) is 4.76. The highest BCUT2D eigenvalue weighted by atomic mass is 15.3. The van der Waals surface area contributed by atoms with Crippen molar-refractivity contribution in [2.75, 3.05) is 27.2 Å². The van der Waals surface area contributed by atoms with Crippen LogP contribution in [-0.2, 0) is 0 Å². The summed E-state index contributed by atoms with van der Waals surface area (Å²) in [4.78, 5) is 4.29. The number of hydrogen-bond acceptors (Lipinski definition) is 3. The zero-order valence-corrected chi connectivity index (χ0v) is 8.45. The molecule has 0 amide bonds. The number of rotatable bonds is 2. The molecule has 1 aliphatic heterocycles. The Kier molecular flexibility index (Phi) is 3.63. The Hall–Kier alpha value is -1.17. The quantitative estimate of drug-likeness (QED) is 0.600. The van der Waals surface area contributed by atoms with Crippen LogP contribution in [0.25, 0.3) is 0 Å². The van der Waals surface area contributed by atoms with Crippen molar-refractivity contribution in [3.05, 3.63) is 11.9 Å².